The van der Waals surface area contributed by atoms with Gasteiger partial charge in [-0.15, -0.1) is 0 Å². The van der Waals surface area contributed by atoms with E-state index in [-0.39, 0.29) is 6.04 Å². The summed E-state index contributed by atoms with van der Waals surface area (Å²) < 4.78 is 0. The summed E-state index contributed by atoms with van der Waals surface area (Å²) in [6.07, 6.45) is 1.91. The summed E-state index contributed by atoms with van der Waals surface area (Å²) in [5.41, 5.74) is 2.36. The Balaban J connectivity index is 2.69. The molecule has 0 bridgehead atoms. The van der Waals surface area contributed by atoms with Crippen molar-refractivity contribution in [3.63, 3.8) is 0 Å². The number of aryl methyl sites for hydroxylation is 1. The van der Waals surface area contributed by atoms with E-state index in [1.165, 1.54) is 5.56 Å². The fourth-order valence-electron chi connectivity index (χ4n) is 1.30. The number of hydrogen-bond donors (Lipinski definition) is 1. The zero-order chi connectivity index (χ0) is 10.6. The predicted octanol–water partition coefficient (Wildman–Crippen LogP) is 3.94. The Morgan fingerprint density at radius 3 is 2.79 bits per heavy atom. The molecule has 0 aliphatic rings. The molecule has 0 spiro atoms. The summed E-state index contributed by atoms with van der Waals surface area (Å²) in [5.74, 6) is 0. The quantitative estimate of drug-likeness (QED) is 0.795. The van der Waals surface area contributed by atoms with Crippen LogP contribution in [0.2, 0.25) is 0 Å². The van der Waals surface area contributed by atoms with Crippen LogP contribution >= 0.6 is 11.6 Å². The number of allylic oxidation sites excluding steroid dienone is 1. The molecule has 0 saturated carbocycles. The number of anilines is 1. The molecule has 1 unspecified atom stereocenters. The fourth-order valence-corrected chi connectivity index (χ4v) is 1.36. The highest BCUT2D eigenvalue weighted by Crippen LogP contribution is 2.15. The number of hydrogen-bond acceptors (Lipinski definition) is 1. The minimum Gasteiger partial charge on any atom is -0.378 e. The lowest BCUT2D eigenvalue weighted by Crippen LogP contribution is -2.15. The summed E-state index contributed by atoms with van der Waals surface area (Å²) in [4.78, 5) is 0. The maximum atomic E-state index is 6.00. The molecule has 76 valence electrons. The van der Waals surface area contributed by atoms with Crippen molar-refractivity contribution in [3.05, 3.63) is 40.9 Å². The molecule has 1 aromatic rings. The highest BCUT2D eigenvalue weighted by molar-refractivity contribution is 6.30. The summed E-state index contributed by atoms with van der Waals surface area (Å²) in [6, 6.07) is 8.43. The monoisotopic (exact) mass is 209 g/mol. The number of rotatable bonds is 3. The van der Waals surface area contributed by atoms with Gasteiger partial charge in [0.1, 0.15) is 0 Å². The minimum atomic E-state index is 0.170. The molecule has 1 nitrogen and oxygen atoms in total. The fraction of sp³-hybridized carbons (Fsp3) is 0.333. The summed E-state index contributed by atoms with van der Waals surface area (Å²) in [5, 5.41) is 4.17. The second kappa shape index (κ2) is 5.06. The first kappa shape index (κ1) is 11.1. The molecule has 1 rings (SSSR count). The van der Waals surface area contributed by atoms with E-state index in [9.17, 15) is 0 Å². The summed E-state index contributed by atoms with van der Waals surface area (Å²) in [6.45, 7) is 6.06. The lowest BCUT2D eigenvalue weighted by Gasteiger charge is -2.14. The summed E-state index contributed by atoms with van der Waals surface area (Å²) in [7, 11) is 0. The van der Waals surface area contributed by atoms with Crippen molar-refractivity contribution >= 4 is 17.3 Å². The average molecular weight is 210 g/mol. The van der Waals surface area contributed by atoms with E-state index in [2.05, 4.69) is 24.4 Å². The third-order valence-electron chi connectivity index (χ3n) is 2.09. The first-order valence-electron chi connectivity index (χ1n) is 4.78. The van der Waals surface area contributed by atoms with Crippen molar-refractivity contribution in [1.29, 1.82) is 0 Å². The van der Waals surface area contributed by atoms with Gasteiger partial charge >= 0.3 is 0 Å². The van der Waals surface area contributed by atoms with Crippen LogP contribution in [0.1, 0.15) is 19.4 Å². The molecule has 0 aliphatic heterocycles. The molecule has 0 saturated heterocycles. The van der Waals surface area contributed by atoms with Crippen LogP contribution in [0.4, 0.5) is 5.69 Å². The molecular formula is C12H16ClN. The minimum absolute atomic E-state index is 0.170. The third kappa shape index (κ3) is 3.08. The van der Waals surface area contributed by atoms with E-state index in [1.54, 1.807) is 0 Å². The van der Waals surface area contributed by atoms with Crippen LogP contribution in [0, 0.1) is 6.92 Å². The Bertz CT molecular complexity index is 331. The number of nitrogens with one attached hydrogen (secondary N) is 1. The van der Waals surface area contributed by atoms with Crippen molar-refractivity contribution in [2.45, 2.75) is 26.8 Å². The lowest BCUT2D eigenvalue weighted by molar-refractivity contribution is 0.974. The van der Waals surface area contributed by atoms with Gasteiger partial charge in [0.25, 0.3) is 0 Å². The van der Waals surface area contributed by atoms with Gasteiger partial charge in [-0.25, -0.2) is 0 Å². The summed E-state index contributed by atoms with van der Waals surface area (Å²) >= 11 is 6.00. The Hall–Kier alpha value is -0.950. The molecule has 0 aromatic heterocycles. The van der Waals surface area contributed by atoms with E-state index >= 15 is 0 Å². The van der Waals surface area contributed by atoms with Crippen molar-refractivity contribution < 1.29 is 0 Å². The Labute approximate surface area is 90.8 Å². The highest BCUT2D eigenvalue weighted by atomic mass is 35.5. The molecule has 1 aromatic carbocycles. The van der Waals surface area contributed by atoms with E-state index in [1.807, 2.05) is 32.1 Å². The molecule has 0 radical (unpaired) electrons. The van der Waals surface area contributed by atoms with E-state index in [4.69, 9.17) is 11.6 Å². The zero-order valence-electron chi connectivity index (χ0n) is 8.84. The molecule has 0 aliphatic carbocycles. The van der Waals surface area contributed by atoms with Crippen molar-refractivity contribution in [1.82, 2.24) is 0 Å². The molecule has 2 heteroatoms. The molecule has 1 N–H and O–H groups in total. The third-order valence-corrected chi connectivity index (χ3v) is 2.64. The SMILES string of the molecule is C/C=C(\Cl)C(C)Nc1cccc(C)c1. The Morgan fingerprint density at radius 2 is 2.21 bits per heavy atom. The second-order valence-electron chi connectivity index (χ2n) is 3.41. The van der Waals surface area contributed by atoms with Gasteiger partial charge in [0, 0.05) is 10.7 Å². The Morgan fingerprint density at radius 1 is 1.50 bits per heavy atom. The van der Waals surface area contributed by atoms with E-state index < -0.39 is 0 Å². The van der Waals surface area contributed by atoms with Gasteiger partial charge in [-0.2, -0.15) is 0 Å². The molecular weight excluding hydrogens is 194 g/mol. The van der Waals surface area contributed by atoms with E-state index in [0.29, 0.717) is 0 Å². The number of halogens is 1. The highest BCUT2D eigenvalue weighted by Gasteiger charge is 2.04. The van der Waals surface area contributed by atoms with Crippen LogP contribution in [-0.2, 0) is 0 Å². The molecule has 1 atom stereocenters. The smallest absolute Gasteiger partial charge is 0.0588 e. The van der Waals surface area contributed by atoms with Crippen LogP contribution in [0.3, 0.4) is 0 Å². The van der Waals surface area contributed by atoms with Gasteiger partial charge < -0.3 is 5.32 Å². The van der Waals surface area contributed by atoms with Crippen LogP contribution in [0.15, 0.2) is 35.4 Å². The van der Waals surface area contributed by atoms with Gasteiger partial charge in [0.05, 0.1) is 6.04 Å². The molecule has 14 heavy (non-hydrogen) atoms. The van der Waals surface area contributed by atoms with E-state index in [0.717, 1.165) is 10.7 Å². The van der Waals surface area contributed by atoms with Crippen molar-refractivity contribution in [3.8, 4) is 0 Å². The van der Waals surface area contributed by atoms with Crippen LogP contribution < -0.4 is 5.32 Å². The van der Waals surface area contributed by atoms with Crippen molar-refractivity contribution in [2.75, 3.05) is 5.32 Å². The normalized spacial score (nSPS) is 13.9. The first-order chi connectivity index (χ1) is 6.63. The standard InChI is InChI=1S/C12H16ClN/c1-4-12(13)10(3)14-11-7-5-6-9(2)8-11/h4-8,10,14H,1-3H3/b12-4-. The first-order valence-corrected chi connectivity index (χ1v) is 5.16. The molecule has 0 heterocycles. The lowest BCUT2D eigenvalue weighted by atomic mass is 10.2. The maximum absolute atomic E-state index is 6.00. The molecule has 0 amide bonds. The average Bonchev–Trinajstić information content (AvgIpc) is 2.16. The van der Waals surface area contributed by atoms with Gasteiger partial charge in [-0.05, 0) is 38.5 Å². The predicted molar refractivity (Wildman–Crippen MR) is 63.9 cm³/mol. The van der Waals surface area contributed by atoms with Gasteiger partial charge in [-0.1, -0.05) is 29.8 Å². The van der Waals surface area contributed by atoms with Gasteiger partial charge in [0.15, 0.2) is 0 Å². The number of benzene rings is 1. The molecule has 0 fully saturated rings. The van der Waals surface area contributed by atoms with Crippen molar-refractivity contribution in [2.24, 2.45) is 0 Å². The zero-order valence-corrected chi connectivity index (χ0v) is 9.60. The van der Waals surface area contributed by atoms with Crippen LogP contribution in [0.5, 0.6) is 0 Å². The van der Waals surface area contributed by atoms with Crippen LogP contribution in [-0.4, -0.2) is 6.04 Å². The Kier molecular flexibility index (Phi) is 4.02. The maximum Gasteiger partial charge on any atom is 0.0588 e. The topological polar surface area (TPSA) is 12.0 Å². The second-order valence-corrected chi connectivity index (χ2v) is 3.85. The van der Waals surface area contributed by atoms with Gasteiger partial charge in [-0.3, -0.25) is 0 Å². The van der Waals surface area contributed by atoms with Crippen LogP contribution in [0.25, 0.3) is 0 Å². The largest absolute Gasteiger partial charge is 0.378 e. The van der Waals surface area contributed by atoms with Gasteiger partial charge in [0.2, 0.25) is 0 Å².